The third kappa shape index (κ3) is 7.08. The maximum absolute atomic E-state index is 15.2. The zero-order chi connectivity index (χ0) is 25.3. The summed E-state index contributed by atoms with van der Waals surface area (Å²) in [6.07, 6.45) is 17.9. The van der Waals surface area contributed by atoms with Gasteiger partial charge < -0.3 is 4.74 Å². The molecular formula is C33H43FO2. The zero-order valence-corrected chi connectivity index (χ0v) is 22.0. The predicted molar refractivity (Wildman–Crippen MR) is 146 cm³/mol. The van der Waals surface area contributed by atoms with Gasteiger partial charge in [-0.05, 0) is 104 Å². The molecule has 0 radical (unpaired) electrons. The third-order valence-electron chi connectivity index (χ3n) is 8.63. The van der Waals surface area contributed by atoms with E-state index in [0.29, 0.717) is 5.75 Å². The lowest BCUT2D eigenvalue weighted by atomic mass is 9.63. The maximum atomic E-state index is 15.2. The molecule has 2 aromatic carbocycles. The van der Waals surface area contributed by atoms with E-state index in [9.17, 15) is 4.79 Å². The molecular weight excluding hydrogens is 447 g/mol. The van der Waals surface area contributed by atoms with E-state index in [1.165, 1.54) is 69.4 Å². The third-order valence-corrected chi connectivity index (χ3v) is 8.63. The Balaban J connectivity index is 1.30. The van der Waals surface area contributed by atoms with Crippen LogP contribution in [0.5, 0.6) is 5.75 Å². The van der Waals surface area contributed by atoms with Crippen molar-refractivity contribution in [2.75, 3.05) is 0 Å². The van der Waals surface area contributed by atoms with Gasteiger partial charge in [0.05, 0.1) is 5.56 Å². The average Bonchev–Trinajstić information content (AvgIpc) is 2.90. The average molecular weight is 491 g/mol. The normalized spacial score (nSPS) is 23.6. The molecule has 4 rings (SSSR count). The second-order valence-electron chi connectivity index (χ2n) is 11.2. The van der Waals surface area contributed by atoms with Gasteiger partial charge in [0, 0.05) is 0 Å². The lowest BCUT2D eigenvalue weighted by Gasteiger charge is -2.42. The zero-order valence-electron chi connectivity index (χ0n) is 22.0. The molecule has 2 aliphatic carbocycles. The number of benzene rings is 2. The molecule has 36 heavy (non-hydrogen) atoms. The second kappa shape index (κ2) is 13.2. The van der Waals surface area contributed by atoms with Crippen LogP contribution < -0.4 is 4.74 Å². The molecule has 0 saturated heterocycles. The number of aryl methyl sites for hydroxylation is 1. The molecule has 0 heterocycles. The second-order valence-corrected chi connectivity index (χ2v) is 11.2. The van der Waals surface area contributed by atoms with Crippen molar-refractivity contribution in [3.05, 3.63) is 77.6 Å². The molecule has 2 saturated carbocycles. The van der Waals surface area contributed by atoms with Crippen molar-refractivity contribution in [3.63, 3.8) is 0 Å². The molecule has 0 amide bonds. The molecule has 2 aromatic rings. The Morgan fingerprint density at radius 2 is 1.78 bits per heavy atom. The van der Waals surface area contributed by atoms with Crippen LogP contribution >= 0.6 is 0 Å². The molecule has 0 spiro atoms. The molecule has 0 aromatic heterocycles. The van der Waals surface area contributed by atoms with E-state index in [4.69, 9.17) is 4.74 Å². The van der Waals surface area contributed by atoms with Gasteiger partial charge in [0.1, 0.15) is 11.6 Å². The minimum atomic E-state index is -0.514. The van der Waals surface area contributed by atoms with Crippen LogP contribution in [0.1, 0.15) is 111 Å². The van der Waals surface area contributed by atoms with Gasteiger partial charge in [-0.3, -0.25) is 0 Å². The summed E-state index contributed by atoms with van der Waals surface area (Å²) in [5.74, 6) is 2.43. The van der Waals surface area contributed by atoms with Crippen LogP contribution in [0.2, 0.25) is 0 Å². The van der Waals surface area contributed by atoms with Gasteiger partial charge in [-0.1, -0.05) is 69.7 Å². The van der Waals surface area contributed by atoms with E-state index < -0.39 is 5.97 Å². The summed E-state index contributed by atoms with van der Waals surface area (Å²) in [5, 5.41) is 0. The van der Waals surface area contributed by atoms with Crippen LogP contribution in [0.15, 0.2) is 55.1 Å². The molecule has 3 heteroatoms. The molecule has 4 unspecified atom stereocenters. The first kappa shape index (κ1) is 26.6. The van der Waals surface area contributed by atoms with Crippen molar-refractivity contribution in [1.29, 1.82) is 0 Å². The summed E-state index contributed by atoms with van der Waals surface area (Å²) in [6.45, 7) is 6.02. The lowest BCUT2D eigenvalue weighted by Crippen LogP contribution is -2.30. The summed E-state index contributed by atoms with van der Waals surface area (Å²) in [7, 11) is 0. The first-order valence-electron chi connectivity index (χ1n) is 14.3. The number of carbonyl (C=O) groups excluding carboxylic acids is 1. The Morgan fingerprint density at radius 3 is 2.53 bits per heavy atom. The topological polar surface area (TPSA) is 26.3 Å². The number of ether oxygens (including phenoxy) is 1. The fourth-order valence-corrected chi connectivity index (χ4v) is 6.53. The SMILES string of the molecule is C=CCCc1ccc(OC(=O)c2ccc(C3CCC4CC(CCCCCC)CCC4C3)c(F)c2)cc1. The maximum Gasteiger partial charge on any atom is 0.343 e. The van der Waals surface area contributed by atoms with E-state index in [2.05, 4.69) is 13.5 Å². The molecule has 2 aliphatic rings. The molecule has 0 N–H and O–H groups in total. The highest BCUT2D eigenvalue weighted by Gasteiger charge is 2.36. The monoisotopic (exact) mass is 490 g/mol. The summed E-state index contributed by atoms with van der Waals surface area (Å²) in [6, 6.07) is 12.4. The van der Waals surface area contributed by atoms with Crippen LogP contribution in [0.4, 0.5) is 4.39 Å². The molecule has 0 aliphatic heterocycles. The van der Waals surface area contributed by atoms with Crippen LogP contribution in [-0.4, -0.2) is 5.97 Å². The number of rotatable bonds is 11. The Bertz CT molecular complexity index is 995. The molecule has 4 atom stereocenters. The van der Waals surface area contributed by atoms with E-state index in [0.717, 1.165) is 49.0 Å². The molecule has 2 nitrogen and oxygen atoms in total. The van der Waals surface area contributed by atoms with Gasteiger partial charge in [0.25, 0.3) is 0 Å². The van der Waals surface area contributed by atoms with Crippen LogP contribution in [0.3, 0.4) is 0 Å². The minimum absolute atomic E-state index is 0.264. The summed E-state index contributed by atoms with van der Waals surface area (Å²) < 4.78 is 20.7. The van der Waals surface area contributed by atoms with Crippen LogP contribution in [-0.2, 0) is 6.42 Å². The van der Waals surface area contributed by atoms with Crippen molar-refractivity contribution in [3.8, 4) is 5.75 Å². The smallest absolute Gasteiger partial charge is 0.343 e. The quantitative estimate of drug-likeness (QED) is 0.136. The first-order chi connectivity index (χ1) is 17.6. The fourth-order valence-electron chi connectivity index (χ4n) is 6.53. The number of fused-ring (bicyclic) bond motifs is 1. The van der Waals surface area contributed by atoms with Crippen molar-refractivity contribution >= 4 is 5.97 Å². The largest absolute Gasteiger partial charge is 0.423 e. The molecule has 0 bridgehead atoms. The number of unbranched alkanes of at least 4 members (excludes halogenated alkanes) is 3. The highest BCUT2D eigenvalue weighted by atomic mass is 19.1. The van der Waals surface area contributed by atoms with Crippen molar-refractivity contribution < 1.29 is 13.9 Å². The van der Waals surface area contributed by atoms with E-state index in [1.807, 2.05) is 24.3 Å². The summed E-state index contributed by atoms with van der Waals surface area (Å²) >= 11 is 0. The van der Waals surface area contributed by atoms with Gasteiger partial charge in [-0.2, -0.15) is 0 Å². The van der Waals surface area contributed by atoms with E-state index in [1.54, 1.807) is 18.2 Å². The number of hydrogen-bond acceptors (Lipinski definition) is 2. The standard InChI is InChI=1S/C33H43FO2/c1-3-5-7-8-10-25-11-14-27-22-28(16-15-26(27)21-25)31-20-17-29(23-32(31)34)33(35)36-30-18-12-24(13-19-30)9-6-4-2/h4,12-13,17-20,23,25-28H,2-3,5-11,14-16,21-22H2,1H3. The van der Waals surface area contributed by atoms with Gasteiger partial charge in [0.15, 0.2) is 0 Å². The van der Waals surface area contributed by atoms with E-state index in [-0.39, 0.29) is 17.3 Å². The predicted octanol–water partition coefficient (Wildman–Crippen LogP) is 9.43. The number of hydrogen-bond donors (Lipinski definition) is 0. The number of allylic oxidation sites excluding steroid dienone is 1. The number of carbonyl (C=O) groups is 1. The first-order valence-corrected chi connectivity index (χ1v) is 14.3. The Hall–Kier alpha value is -2.42. The van der Waals surface area contributed by atoms with Crippen molar-refractivity contribution in [1.82, 2.24) is 0 Å². The van der Waals surface area contributed by atoms with Crippen LogP contribution in [0, 0.1) is 23.6 Å². The highest BCUT2D eigenvalue weighted by molar-refractivity contribution is 5.91. The minimum Gasteiger partial charge on any atom is -0.423 e. The van der Waals surface area contributed by atoms with Crippen molar-refractivity contribution in [2.24, 2.45) is 17.8 Å². The van der Waals surface area contributed by atoms with Gasteiger partial charge in [-0.15, -0.1) is 6.58 Å². The fraction of sp³-hybridized carbons (Fsp3) is 0.545. The molecule has 2 fully saturated rings. The van der Waals surface area contributed by atoms with Gasteiger partial charge >= 0.3 is 5.97 Å². The molecule has 194 valence electrons. The summed E-state index contributed by atoms with van der Waals surface area (Å²) in [4.78, 5) is 12.6. The lowest BCUT2D eigenvalue weighted by molar-refractivity contribution is 0.0734. The van der Waals surface area contributed by atoms with Crippen molar-refractivity contribution in [2.45, 2.75) is 96.3 Å². The van der Waals surface area contributed by atoms with Gasteiger partial charge in [-0.25, -0.2) is 9.18 Å². The number of halogens is 1. The van der Waals surface area contributed by atoms with E-state index >= 15 is 4.39 Å². The Morgan fingerprint density at radius 1 is 1.00 bits per heavy atom. The summed E-state index contributed by atoms with van der Waals surface area (Å²) in [5.41, 5.74) is 2.21. The van der Waals surface area contributed by atoms with Crippen LogP contribution in [0.25, 0.3) is 0 Å². The van der Waals surface area contributed by atoms with Gasteiger partial charge in [0.2, 0.25) is 0 Å². The Kier molecular flexibility index (Phi) is 9.78. The highest BCUT2D eigenvalue weighted by Crippen LogP contribution is 2.48. The Labute approximate surface area is 217 Å². The number of esters is 1.